The number of carbonyl (C=O) groups is 1. The van der Waals surface area contributed by atoms with Crippen LogP contribution in [0.15, 0.2) is 30.3 Å². The first-order valence-electron chi connectivity index (χ1n) is 7.66. The fraction of sp³-hybridized carbons (Fsp3) is 0.211. The number of carboxylic acids is 1. The molecule has 130 valence electrons. The normalized spacial score (nSPS) is 11.1. The Morgan fingerprint density at radius 1 is 1.24 bits per heavy atom. The lowest BCUT2D eigenvalue weighted by Crippen LogP contribution is -2.03. The molecule has 2 aromatic carbocycles. The number of benzene rings is 2. The van der Waals surface area contributed by atoms with Crippen molar-refractivity contribution >= 4 is 40.1 Å². The highest BCUT2D eigenvalue weighted by Crippen LogP contribution is 2.33. The molecule has 25 heavy (non-hydrogen) atoms. The lowest BCUT2D eigenvalue weighted by molar-refractivity contribution is 0.0697. The van der Waals surface area contributed by atoms with Crippen LogP contribution in [0.5, 0.6) is 5.75 Å². The fourth-order valence-electron chi connectivity index (χ4n) is 3.02. The number of aromatic carboxylic acids is 1. The Hall–Kier alpha value is -2.17. The first kappa shape index (κ1) is 17.6. The van der Waals surface area contributed by atoms with Crippen LogP contribution in [0.4, 0.5) is 0 Å². The van der Waals surface area contributed by atoms with Crippen molar-refractivity contribution in [1.82, 2.24) is 4.57 Å². The Morgan fingerprint density at radius 3 is 2.60 bits per heavy atom. The molecule has 0 spiro atoms. The number of aryl methyl sites for hydroxylation is 2. The second-order valence-corrected chi connectivity index (χ2v) is 6.73. The summed E-state index contributed by atoms with van der Waals surface area (Å²) in [5.74, 6) is -0.276. The molecule has 0 radical (unpaired) electrons. The highest BCUT2D eigenvalue weighted by Gasteiger charge is 2.18. The molecule has 6 heteroatoms. The molecule has 0 fully saturated rings. The molecule has 3 aromatic rings. The van der Waals surface area contributed by atoms with Gasteiger partial charge in [-0.15, -0.1) is 0 Å². The third-order valence-corrected chi connectivity index (χ3v) is 5.24. The predicted molar refractivity (Wildman–Crippen MR) is 100 cm³/mol. The molecular weight excluding hydrogens is 361 g/mol. The van der Waals surface area contributed by atoms with E-state index >= 15 is 0 Å². The first-order chi connectivity index (χ1) is 11.8. The van der Waals surface area contributed by atoms with E-state index in [-0.39, 0.29) is 10.6 Å². The molecule has 1 N–H and O–H groups in total. The van der Waals surface area contributed by atoms with Crippen molar-refractivity contribution in [2.75, 3.05) is 7.11 Å². The minimum Gasteiger partial charge on any atom is -0.497 e. The van der Waals surface area contributed by atoms with E-state index in [4.69, 9.17) is 27.9 Å². The smallest absolute Gasteiger partial charge is 0.337 e. The Bertz CT molecular complexity index is 992. The summed E-state index contributed by atoms with van der Waals surface area (Å²) in [6.45, 7) is 2.03. The summed E-state index contributed by atoms with van der Waals surface area (Å²) in [4.78, 5) is 11.3. The molecule has 4 nitrogen and oxygen atoms in total. The van der Waals surface area contributed by atoms with Gasteiger partial charge in [0.2, 0.25) is 0 Å². The fourth-order valence-corrected chi connectivity index (χ4v) is 3.61. The molecular formula is C19H17Cl2NO3. The summed E-state index contributed by atoms with van der Waals surface area (Å²) in [6.07, 6.45) is 0.436. The summed E-state index contributed by atoms with van der Waals surface area (Å²) >= 11 is 12.6. The van der Waals surface area contributed by atoms with Gasteiger partial charge in [-0.1, -0.05) is 23.2 Å². The van der Waals surface area contributed by atoms with Gasteiger partial charge in [0.1, 0.15) is 5.75 Å². The zero-order valence-electron chi connectivity index (χ0n) is 14.1. The van der Waals surface area contributed by atoms with Crippen LogP contribution in [0.3, 0.4) is 0 Å². The van der Waals surface area contributed by atoms with Gasteiger partial charge >= 0.3 is 5.97 Å². The van der Waals surface area contributed by atoms with Gasteiger partial charge in [-0.3, -0.25) is 0 Å². The van der Waals surface area contributed by atoms with Crippen LogP contribution in [0.2, 0.25) is 10.0 Å². The van der Waals surface area contributed by atoms with E-state index in [0.717, 1.165) is 27.9 Å². The van der Waals surface area contributed by atoms with Crippen LogP contribution < -0.4 is 4.74 Å². The van der Waals surface area contributed by atoms with Crippen LogP contribution >= 0.6 is 23.2 Å². The zero-order valence-corrected chi connectivity index (χ0v) is 15.6. The molecule has 0 aliphatic carbocycles. The average molecular weight is 378 g/mol. The van der Waals surface area contributed by atoms with Crippen molar-refractivity contribution in [2.45, 2.75) is 13.3 Å². The molecule has 0 amide bonds. The molecule has 0 aliphatic heterocycles. The molecule has 0 saturated heterocycles. The van der Waals surface area contributed by atoms with Gasteiger partial charge in [0, 0.05) is 35.6 Å². The maximum atomic E-state index is 11.3. The lowest BCUT2D eigenvalue weighted by atomic mass is 10.1. The molecule has 0 aliphatic rings. The number of aromatic nitrogens is 1. The van der Waals surface area contributed by atoms with Gasteiger partial charge < -0.3 is 14.4 Å². The number of carboxylic acid groups (broad SMARTS) is 1. The maximum Gasteiger partial charge on any atom is 0.337 e. The zero-order chi connectivity index (χ0) is 18.3. The van der Waals surface area contributed by atoms with Gasteiger partial charge in [-0.25, -0.2) is 4.79 Å². The molecule has 1 aromatic heterocycles. The molecule has 3 rings (SSSR count). The highest BCUT2D eigenvalue weighted by molar-refractivity contribution is 6.38. The van der Waals surface area contributed by atoms with E-state index in [2.05, 4.69) is 6.07 Å². The van der Waals surface area contributed by atoms with E-state index in [9.17, 15) is 9.90 Å². The lowest BCUT2D eigenvalue weighted by Gasteiger charge is -2.11. The Balaban J connectivity index is 2.13. The number of rotatable bonds is 4. The van der Waals surface area contributed by atoms with Gasteiger partial charge in [0.25, 0.3) is 0 Å². The standard InChI is InChI=1S/C19H17Cl2NO3/c1-10-6-12(25-3)9-17-14(10)7-11(22(17)2)8-15-16(20)5-4-13(18(15)21)19(23)24/h4-7,9H,8H2,1-3H3,(H,23,24). The topological polar surface area (TPSA) is 51.5 Å². The maximum absolute atomic E-state index is 11.3. The van der Waals surface area contributed by atoms with Gasteiger partial charge in [0.05, 0.1) is 23.2 Å². The molecule has 0 saturated carbocycles. The highest BCUT2D eigenvalue weighted by atomic mass is 35.5. The summed E-state index contributed by atoms with van der Waals surface area (Å²) in [7, 11) is 3.60. The summed E-state index contributed by atoms with van der Waals surface area (Å²) in [5, 5.41) is 11.0. The van der Waals surface area contributed by atoms with Crippen LogP contribution in [0.1, 0.15) is 27.2 Å². The van der Waals surface area contributed by atoms with E-state index in [1.807, 2.05) is 30.7 Å². The van der Waals surface area contributed by atoms with Crippen LogP contribution in [0, 0.1) is 6.92 Å². The third kappa shape index (κ3) is 3.08. The van der Waals surface area contributed by atoms with Gasteiger partial charge in [-0.2, -0.15) is 0 Å². The van der Waals surface area contributed by atoms with E-state index in [1.54, 1.807) is 13.2 Å². The third-order valence-electron chi connectivity index (χ3n) is 4.45. The largest absolute Gasteiger partial charge is 0.497 e. The Kier molecular flexibility index (Phi) is 4.67. The average Bonchev–Trinajstić information content (AvgIpc) is 2.88. The van der Waals surface area contributed by atoms with Crippen molar-refractivity contribution in [3.63, 3.8) is 0 Å². The second kappa shape index (κ2) is 6.62. The Morgan fingerprint density at radius 2 is 1.96 bits per heavy atom. The van der Waals surface area contributed by atoms with E-state index in [1.165, 1.54) is 6.07 Å². The molecule has 0 atom stereocenters. The van der Waals surface area contributed by atoms with Crippen molar-refractivity contribution < 1.29 is 14.6 Å². The Labute approximate surface area is 155 Å². The first-order valence-corrected chi connectivity index (χ1v) is 8.42. The summed E-state index contributed by atoms with van der Waals surface area (Å²) in [6, 6.07) is 9.03. The van der Waals surface area contributed by atoms with Crippen LogP contribution in [-0.2, 0) is 13.5 Å². The minimum atomic E-state index is -1.07. The molecule has 1 heterocycles. The van der Waals surface area contributed by atoms with Crippen LogP contribution in [0.25, 0.3) is 10.9 Å². The van der Waals surface area contributed by atoms with Gasteiger partial charge in [0.15, 0.2) is 0 Å². The number of methoxy groups -OCH3 is 1. The minimum absolute atomic E-state index is 0.0534. The summed E-state index contributed by atoms with van der Waals surface area (Å²) in [5.41, 5.74) is 3.79. The molecule has 0 bridgehead atoms. The van der Waals surface area contributed by atoms with Crippen molar-refractivity contribution in [3.8, 4) is 5.75 Å². The number of hydrogen-bond donors (Lipinski definition) is 1. The SMILES string of the molecule is COc1cc(C)c2cc(Cc3c(Cl)ccc(C(=O)O)c3Cl)n(C)c2c1. The van der Waals surface area contributed by atoms with Gasteiger partial charge in [-0.05, 0) is 42.3 Å². The van der Waals surface area contributed by atoms with Crippen molar-refractivity contribution in [1.29, 1.82) is 0 Å². The van der Waals surface area contributed by atoms with Crippen molar-refractivity contribution in [2.24, 2.45) is 7.05 Å². The number of hydrogen-bond acceptors (Lipinski definition) is 2. The number of nitrogens with zero attached hydrogens (tertiary/aromatic N) is 1. The van der Waals surface area contributed by atoms with E-state index < -0.39 is 5.97 Å². The summed E-state index contributed by atoms with van der Waals surface area (Å²) < 4.78 is 7.39. The van der Waals surface area contributed by atoms with Crippen LogP contribution in [-0.4, -0.2) is 22.8 Å². The number of fused-ring (bicyclic) bond motifs is 1. The second-order valence-electron chi connectivity index (χ2n) is 5.94. The quantitative estimate of drug-likeness (QED) is 0.688. The van der Waals surface area contributed by atoms with Crippen molar-refractivity contribution in [3.05, 3.63) is 62.8 Å². The predicted octanol–water partition coefficient (Wildman–Crippen LogP) is 5.09. The number of ether oxygens (including phenoxy) is 1. The molecule has 0 unspecified atom stereocenters. The van der Waals surface area contributed by atoms with E-state index in [0.29, 0.717) is 17.0 Å². The monoisotopic (exact) mass is 377 g/mol. The number of halogens is 2.